The van der Waals surface area contributed by atoms with Gasteiger partial charge in [-0.15, -0.1) is 0 Å². The lowest BCUT2D eigenvalue weighted by Gasteiger charge is -2.57. The van der Waals surface area contributed by atoms with Gasteiger partial charge in [-0.1, -0.05) is 29.2 Å². The first-order valence-electron chi connectivity index (χ1n) is 10.1. The highest BCUT2D eigenvalue weighted by Crippen LogP contribution is 2.68. The van der Waals surface area contributed by atoms with E-state index in [4.69, 9.17) is 0 Å². The fourth-order valence-electron chi connectivity index (χ4n) is 6.83. The first-order valence-corrected chi connectivity index (χ1v) is 10.1. The van der Waals surface area contributed by atoms with Crippen LogP contribution in [0.4, 0.5) is 0 Å². The Morgan fingerprint density at radius 3 is 2.64 bits per heavy atom. The van der Waals surface area contributed by atoms with Crippen LogP contribution in [0, 0.1) is 11.3 Å². The third-order valence-corrected chi connectivity index (χ3v) is 7.56. The topological polar surface area (TPSA) is 0 Å². The van der Waals surface area contributed by atoms with Gasteiger partial charge in [0, 0.05) is 5.41 Å². The van der Waals surface area contributed by atoms with Crippen molar-refractivity contribution in [3.05, 3.63) is 33.9 Å². The number of allylic oxidation sites excluding steroid dienone is 6. The number of fused-ring (bicyclic) bond motifs is 3. The van der Waals surface area contributed by atoms with Crippen LogP contribution in [0.3, 0.4) is 0 Å². The van der Waals surface area contributed by atoms with Crippen LogP contribution >= 0.6 is 0 Å². The zero-order valence-electron chi connectivity index (χ0n) is 14.1. The Morgan fingerprint density at radius 2 is 1.64 bits per heavy atom. The lowest BCUT2D eigenvalue weighted by atomic mass is 9.46. The van der Waals surface area contributed by atoms with E-state index >= 15 is 0 Å². The van der Waals surface area contributed by atoms with Gasteiger partial charge in [0.1, 0.15) is 0 Å². The van der Waals surface area contributed by atoms with E-state index in [-0.39, 0.29) is 0 Å². The van der Waals surface area contributed by atoms with Crippen LogP contribution in [0.1, 0.15) is 89.9 Å². The van der Waals surface area contributed by atoms with Gasteiger partial charge in [-0.2, -0.15) is 0 Å². The molecule has 0 N–H and O–H groups in total. The molecule has 0 aromatic carbocycles. The van der Waals surface area contributed by atoms with Crippen LogP contribution in [-0.2, 0) is 0 Å². The highest BCUT2D eigenvalue weighted by Gasteiger charge is 2.56. The molecular weight excluding hydrogens is 264 g/mol. The molecule has 0 radical (unpaired) electrons. The van der Waals surface area contributed by atoms with E-state index < -0.39 is 0 Å². The lowest BCUT2D eigenvalue weighted by molar-refractivity contribution is 0.163. The molecule has 6 rings (SSSR count). The van der Waals surface area contributed by atoms with Gasteiger partial charge in [0.15, 0.2) is 0 Å². The highest BCUT2D eigenvalue weighted by molar-refractivity contribution is 5.54. The molecule has 6 aliphatic carbocycles. The molecule has 2 atom stereocenters. The molecule has 0 amide bonds. The fourth-order valence-corrected chi connectivity index (χ4v) is 6.83. The summed E-state index contributed by atoms with van der Waals surface area (Å²) in [5.74, 6) is 0.955. The summed E-state index contributed by atoms with van der Waals surface area (Å²) in [5, 5.41) is 0. The van der Waals surface area contributed by atoms with Crippen molar-refractivity contribution in [3.8, 4) is 0 Å². The molecule has 0 heteroatoms. The number of hydrogen-bond acceptors (Lipinski definition) is 0. The molecule has 6 aliphatic rings. The maximum atomic E-state index is 2.67. The lowest BCUT2D eigenvalue weighted by Crippen LogP contribution is -2.46. The summed E-state index contributed by atoms with van der Waals surface area (Å²) in [6, 6.07) is 0. The molecule has 1 fully saturated rings. The monoisotopic (exact) mass is 294 g/mol. The van der Waals surface area contributed by atoms with Crippen molar-refractivity contribution in [1.29, 1.82) is 0 Å². The van der Waals surface area contributed by atoms with E-state index in [1.54, 1.807) is 5.57 Å². The van der Waals surface area contributed by atoms with Crippen LogP contribution < -0.4 is 0 Å². The summed E-state index contributed by atoms with van der Waals surface area (Å²) in [6.45, 7) is 0. The van der Waals surface area contributed by atoms with Crippen LogP contribution in [0.25, 0.3) is 0 Å². The molecule has 0 saturated heterocycles. The third kappa shape index (κ3) is 1.70. The summed E-state index contributed by atoms with van der Waals surface area (Å²) in [6.07, 6.45) is 22.8. The van der Waals surface area contributed by atoms with Crippen LogP contribution in [0.2, 0.25) is 0 Å². The van der Waals surface area contributed by atoms with Gasteiger partial charge in [-0.05, 0) is 101 Å². The molecule has 2 unspecified atom stereocenters. The first kappa shape index (κ1) is 13.6. The Labute approximate surface area is 135 Å². The van der Waals surface area contributed by atoms with Crippen molar-refractivity contribution in [1.82, 2.24) is 0 Å². The minimum atomic E-state index is 0.584. The highest BCUT2D eigenvalue weighted by atomic mass is 14.6. The SMILES string of the molecule is C1=C2/CCCCC3=C4CCCC2=C2CCCCC24C3CCC/1. The predicted octanol–water partition coefficient (Wildman–Crippen LogP) is 6.64. The van der Waals surface area contributed by atoms with Crippen molar-refractivity contribution in [2.24, 2.45) is 11.3 Å². The van der Waals surface area contributed by atoms with Gasteiger partial charge in [0.25, 0.3) is 0 Å². The van der Waals surface area contributed by atoms with Crippen molar-refractivity contribution in [2.75, 3.05) is 0 Å². The molecule has 1 spiro atoms. The number of hydrogen-bond donors (Lipinski definition) is 0. The average Bonchev–Trinajstić information content (AvgIpc) is 2.69. The molecule has 0 nitrogen and oxygen atoms in total. The van der Waals surface area contributed by atoms with Gasteiger partial charge in [0.2, 0.25) is 0 Å². The van der Waals surface area contributed by atoms with Crippen molar-refractivity contribution in [3.63, 3.8) is 0 Å². The standard InChI is InChI=1S/C22H30/c1-3-10-18-20-12-4-2-9-16(8-1)17-11-7-14-21(18)22(20)15-6-5-13-19(17)22/h9,20H,1-8,10-15H2/b16-9-. The largest absolute Gasteiger partial charge is 0.0810 e. The van der Waals surface area contributed by atoms with Gasteiger partial charge in [0.05, 0.1) is 0 Å². The second-order valence-electron chi connectivity index (χ2n) is 8.41. The minimum absolute atomic E-state index is 0.584. The summed E-state index contributed by atoms with van der Waals surface area (Å²) >= 11 is 0. The zero-order valence-corrected chi connectivity index (χ0v) is 14.1. The molecule has 6 bridgehead atoms. The smallest absolute Gasteiger partial charge is 0.0194 e. The van der Waals surface area contributed by atoms with Crippen LogP contribution in [0.15, 0.2) is 33.9 Å². The van der Waals surface area contributed by atoms with Gasteiger partial charge in [-0.25, -0.2) is 0 Å². The Morgan fingerprint density at radius 1 is 0.773 bits per heavy atom. The summed E-state index contributed by atoms with van der Waals surface area (Å²) in [7, 11) is 0. The summed E-state index contributed by atoms with van der Waals surface area (Å²) in [4.78, 5) is 0. The average molecular weight is 294 g/mol. The molecule has 118 valence electrons. The molecule has 0 aromatic heterocycles. The van der Waals surface area contributed by atoms with E-state index in [1.807, 2.05) is 22.3 Å². The summed E-state index contributed by atoms with van der Waals surface area (Å²) < 4.78 is 0. The summed E-state index contributed by atoms with van der Waals surface area (Å²) in [5.41, 5.74) is 10.2. The predicted molar refractivity (Wildman–Crippen MR) is 92.7 cm³/mol. The maximum absolute atomic E-state index is 2.67. The van der Waals surface area contributed by atoms with Gasteiger partial charge < -0.3 is 0 Å². The van der Waals surface area contributed by atoms with Gasteiger partial charge in [-0.3, -0.25) is 0 Å². The van der Waals surface area contributed by atoms with Crippen molar-refractivity contribution in [2.45, 2.75) is 89.9 Å². The Hall–Kier alpha value is -0.780. The normalized spacial score (nSPS) is 40.2. The first-order chi connectivity index (χ1) is 10.9. The van der Waals surface area contributed by atoms with E-state index in [0.29, 0.717) is 5.41 Å². The van der Waals surface area contributed by atoms with E-state index in [1.165, 1.54) is 89.9 Å². The molecular formula is C22H30. The number of rotatable bonds is 0. The Kier molecular flexibility index (Phi) is 3.17. The second-order valence-corrected chi connectivity index (χ2v) is 8.41. The van der Waals surface area contributed by atoms with Crippen LogP contribution in [-0.4, -0.2) is 0 Å². The minimum Gasteiger partial charge on any atom is -0.0810 e. The third-order valence-electron chi connectivity index (χ3n) is 7.56. The van der Waals surface area contributed by atoms with E-state index in [0.717, 1.165) is 5.92 Å². The van der Waals surface area contributed by atoms with E-state index in [2.05, 4.69) is 6.08 Å². The second kappa shape index (κ2) is 5.11. The van der Waals surface area contributed by atoms with Crippen molar-refractivity contribution < 1.29 is 0 Å². The molecule has 0 aliphatic heterocycles. The van der Waals surface area contributed by atoms with E-state index in [9.17, 15) is 0 Å². The molecule has 1 saturated carbocycles. The Bertz CT molecular complexity index is 585. The zero-order chi connectivity index (χ0) is 14.6. The fraction of sp³-hybridized carbons (Fsp3) is 0.727. The molecule has 0 heterocycles. The van der Waals surface area contributed by atoms with Crippen LogP contribution in [0.5, 0.6) is 0 Å². The molecule has 22 heavy (non-hydrogen) atoms. The Balaban J connectivity index is 1.79. The van der Waals surface area contributed by atoms with Gasteiger partial charge >= 0.3 is 0 Å². The maximum Gasteiger partial charge on any atom is 0.0194 e. The quantitative estimate of drug-likeness (QED) is 0.439. The van der Waals surface area contributed by atoms with Crippen molar-refractivity contribution >= 4 is 0 Å². The molecule has 0 aromatic rings.